The van der Waals surface area contributed by atoms with Crippen LogP contribution >= 0.6 is 0 Å². The Hall–Kier alpha value is -3.00. The van der Waals surface area contributed by atoms with Gasteiger partial charge in [-0.25, -0.2) is 4.79 Å². The van der Waals surface area contributed by atoms with Crippen LogP contribution in [-0.4, -0.2) is 11.1 Å². The maximum Gasteiger partial charge on any atom is 0.335 e. The molecule has 0 saturated carbocycles. The van der Waals surface area contributed by atoms with Crippen LogP contribution in [0.5, 0.6) is 0 Å². The highest BCUT2D eigenvalue weighted by atomic mass is 16.4. The van der Waals surface area contributed by atoms with Crippen LogP contribution in [0.1, 0.15) is 21.5 Å². The molecule has 2 rings (SSSR count). The molecular formula is C15H13N3O2. The molecule has 0 fully saturated rings. The third kappa shape index (κ3) is 2.70. The summed E-state index contributed by atoms with van der Waals surface area (Å²) in [5.74, 6) is -1.02. The number of nitrogens with zero attached hydrogens (tertiary/aromatic N) is 1. The van der Waals surface area contributed by atoms with E-state index in [4.69, 9.17) is 16.1 Å². The number of hydrogen-bond donors (Lipinski definition) is 3. The molecule has 2 aromatic rings. The molecule has 100 valence electrons. The minimum Gasteiger partial charge on any atom is -0.478 e. The average molecular weight is 267 g/mol. The van der Waals surface area contributed by atoms with Gasteiger partial charge in [0.05, 0.1) is 28.6 Å². The van der Waals surface area contributed by atoms with Crippen molar-refractivity contribution in [2.24, 2.45) is 0 Å². The van der Waals surface area contributed by atoms with Crippen LogP contribution < -0.4 is 11.1 Å². The van der Waals surface area contributed by atoms with Crippen molar-refractivity contribution in [1.82, 2.24) is 0 Å². The molecule has 0 amide bonds. The smallest absolute Gasteiger partial charge is 0.335 e. The molecule has 0 heterocycles. The van der Waals surface area contributed by atoms with E-state index in [1.807, 2.05) is 13.0 Å². The average Bonchev–Trinajstić information content (AvgIpc) is 2.43. The van der Waals surface area contributed by atoms with Gasteiger partial charge in [0.1, 0.15) is 0 Å². The van der Waals surface area contributed by atoms with Crippen LogP contribution in [0.15, 0.2) is 36.4 Å². The van der Waals surface area contributed by atoms with E-state index >= 15 is 0 Å². The first-order valence-electron chi connectivity index (χ1n) is 5.92. The number of carboxylic acid groups (broad SMARTS) is 1. The van der Waals surface area contributed by atoms with Crippen LogP contribution in [-0.2, 0) is 0 Å². The molecule has 0 radical (unpaired) electrons. The van der Waals surface area contributed by atoms with Gasteiger partial charge in [-0.3, -0.25) is 0 Å². The summed E-state index contributed by atoms with van der Waals surface area (Å²) in [6.07, 6.45) is 0. The van der Waals surface area contributed by atoms with Crippen molar-refractivity contribution in [1.29, 1.82) is 5.26 Å². The molecule has 0 spiro atoms. The SMILES string of the molecule is Cc1ccc(C#N)cc1Nc1cc(C(=O)O)ccc1N. The maximum absolute atomic E-state index is 11.0. The summed E-state index contributed by atoms with van der Waals surface area (Å²) in [6.45, 7) is 1.89. The van der Waals surface area contributed by atoms with E-state index < -0.39 is 5.97 Å². The van der Waals surface area contributed by atoms with E-state index in [-0.39, 0.29) is 5.56 Å². The summed E-state index contributed by atoms with van der Waals surface area (Å²) >= 11 is 0. The Morgan fingerprint density at radius 3 is 2.65 bits per heavy atom. The number of carboxylic acids is 1. The standard InChI is InChI=1S/C15H13N3O2/c1-9-2-3-10(8-16)6-13(9)18-14-7-11(15(19)20)4-5-12(14)17/h2-7,18H,17H2,1H3,(H,19,20). The normalized spacial score (nSPS) is 9.80. The maximum atomic E-state index is 11.0. The molecular weight excluding hydrogens is 254 g/mol. The van der Waals surface area contributed by atoms with Crippen LogP contribution in [0, 0.1) is 18.3 Å². The second-order valence-corrected chi connectivity index (χ2v) is 4.37. The van der Waals surface area contributed by atoms with Crippen LogP contribution in [0.2, 0.25) is 0 Å². The van der Waals surface area contributed by atoms with Crippen LogP contribution in [0.4, 0.5) is 17.1 Å². The van der Waals surface area contributed by atoms with Gasteiger partial charge >= 0.3 is 5.97 Å². The molecule has 2 aromatic carbocycles. The van der Waals surface area contributed by atoms with Gasteiger partial charge in [0, 0.05) is 5.69 Å². The van der Waals surface area contributed by atoms with Crippen LogP contribution in [0.3, 0.4) is 0 Å². The van der Waals surface area contributed by atoms with E-state index in [9.17, 15) is 4.79 Å². The number of carbonyl (C=O) groups is 1. The summed E-state index contributed by atoms with van der Waals surface area (Å²) in [5.41, 5.74) is 9.11. The molecule has 0 aliphatic carbocycles. The van der Waals surface area contributed by atoms with Gasteiger partial charge in [-0.15, -0.1) is 0 Å². The predicted octanol–water partition coefficient (Wildman–Crippen LogP) is 2.89. The Labute approximate surface area is 116 Å². The zero-order valence-corrected chi connectivity index (χ0v) is 10.8. The summed E-state index contributed by atoms with van der Waals surface area (Å²) in [6, 6.07) is 11.7. The molecule has 0 unspecified atom stereocenters. The number of nitrogens with two attached hydrogens (primary N) is 1. The van der Waals surface area contributed by atoms with Crippen molar-refractivity contribution in [2.45, 2.75) is 6.92 Å². The van der Waals surface area contributed by atoms with Gasteiger partial charge in [0.15, 0.2) is 0 Å². The molecule has 5 heteroatoms. The molecule has 0 bridgehead atoms. The van der Waals surface area contributed by atoms with Crippen LogP contribution in [0.25, 0.3) is 0 Å². The lowest BCUT2D eigenvalue weighted by atomic mass is 10.1. The highest BCUT2D eigenvalue weighted by molar-refractivity contribution is 5.91. The second kappa shape index (κ2) is 5.33. The van der Waals surface area contributed by atoms with Crippen molar-refractivity contribution >= 4 is 23.0 Å². The van der Waals surface area contributed by atoms with Gasteiger partial charge in [0.2, 0.25) is 0 Å². The molecule has 4 N–H and O–H groups in total. The van der Waals surface area contributed by atoms with Gasteiger partial charge < -0.3 is 16.2 Å². The molecule has 0 atom stereocenters. The lowest BCUT2D eigenvalue weighted by Gasteiger charge is -2.12. The van der Waals surface area contributed by atoms with Gasteiger partial charge in [0.25, 0.3) is 0 Å². The quantitative estimate of drug-likeness (QED) is 0.742. The summed E-state index contributed by atoms with van der Waals surface area (Å²) in [7, 11) is 0. The largest absolute Gasteiger partial charge is 0.478 e. The number of anilines is 3. The minimum atomic E-state index is -1.02. The van der Waals surface area contributed by atoms with E-state index in [0.29, 0.717) is 16.9 Å². The number of hydrogen-bond acceptors (Lipinski definition) is 4. The summed E-state index contributed by atoms with van der Waals surface area (Å²) < 4.78 is 0. The number of aromatic carboxylic acids is 1. The summed E-state index contributed by atoms with van der Waals surface area (Å²) in [4.78, 5) is 11.0. The molecule has 20 heavy (non-hydrogen) atoms. The lowest BCUT2D eigenvalue weighted by Crippen LogP contribution is -2.02. The number of nitrogen functional groups attached to an aromatic ring is 1. The Morgan fingerprint density at radius 1 is 1.25 bits per heavy atom. The highest BCUT2D eigenvalue weighted by Crippen LogP contribution is 2.27. The number of benzene rings is 2. The zero-order chi connectivity index (χ0) is 14.7. The number of rotatable bonds is 3. The third-order valence-corrected chi connectivity index (χ3v) is 2.94. The Morgan fingerprint density at radius 2 is 2.00 bits per heavy atom. The van der Waals surface area contributed by atoms with Crippen molar-refractivity contribution < 1.29 is 9.90 Å². The molecule has 0 aromatic heterocycles. The van der Waals surface area contributed by atoms with E-state index in [2.05, 4.69) is 11.4 Å². The first kappa shape index (κ1) is 13.4. The van der Waals surface area contributed by atoms with Crippen molar-refractivity contribution in [2.75, 3.05) is 11.1 Å². The number of nitrogens with one attached hydrogen (secondary N) is 1. The van der Waals surface area contributed by atoms with E-state index in [1.54, 1.807) is 12.1 Å². The van der Waals surface area contributed by atoms with Gasteiger partial charge in [-0.05, 0) is 42.8 Å². The van der Waals surface area contributed by atoms with E-state index in [0.717, 1.165) is 11.3 Å². The van der Waals surface area contributed by atoms with Crippen molar-refractivity contribution in [3.63, 3.8) is 0 Å². The lowest BCUT2D eigenvalue weighted by molar-refractivity contribution is 0.0697. The Bertz CT molecular complexity index is 718. The zero-order valence-electron chi connectivity index (χ0n) is 10.8. The highest BCUT2D eigenvalue weighted by Gasteiger charge is 2.08. The second-order valence-electron chi connectivity index (χ2n) is 4.37. The fourth-order valence-corrected chi connectivity index (χ4v) is 1.77. The number of aryl methyl sites for hydroxylation is 1. The monoisotopic (exact) mass is 267 g/mol. The Kier molecular flexibility index (Phi) is 3.58. The van der Waals surface area contributed by atoms with Gasteiger partial charge in [-0.1, -0.05) is 6.07 Å². The molecule has 5 nitrogen and oxygen atoms in total. The third-order valence-electron chi connectivity index (χ3n) is 2.94. The fraction of sp³-hybridized carbons (Fsp3) is 0.0667. The van der Waals surface area contributed by atoms with Crippen molar-refractivity contribution in [3.8, 4) is 6.07 Å². The molecule has 0 saturated heterocycles. The van der Waals surface area contributed by atoms with Gasteiger partial charge in [-0.2, -0.15) is 5.26 Å². The van der Waals surface area contributed by atoms with E-state index in [1.165, 1.54) is 18.2 Å². The minimum absolute atomic E-state index is 0.149. The predicted molar refractivity (Wildman–Crippen MR) is 77.0 cm³/mol. The first-order valence-corrected chi connectivity index (χ1v) is 5.92. The molecule has 0 aliphatic heterocycles. The molecule has 0 aliphatic rings. The topological polar surface area (TPSA) is 99.1 Å². The van der Waals surface area contributed by atoms with Crippen molar-refractivity contribution in [3.05, 3.63) is 53.1 Å². The fourth-order valence-electron chi connectivity index (χ4n) is 1.77. The first-order chi connectivity index (χ1) is 9.51. The number of nitriles is 1. The summed E-state index contributed by atoms with van der Waals surface area (Å²) in [5, 5.41) is 21.0. The Balaban J connectivity index is 2.42.